The fourth-order valence-electron chi connectivity index (χ4n) is 3.32. The van der Waals surface area contributed by atoms with Crippen molar-refractivity contribution < 1.29 is 22.7 Å². The molecule has 11 heteroatoms. The van der Waals surface area contributed by atoms with Gasteiger partial charge in [0.15, 0.2) is 5.82 Å². The minimum atomic E-state index is -4.53. The van der Waals surface area contributed by atoms with E-state index in [0.717, 1.165) is 12.3 Å². The Kier molecular flexibility index (Phi) is 5.92. The van der Waals surface area contributed by atoms with Crippen LogP contribution in [0, 0.1) is 0 Å². The summed E-state index contributed by atoms with van der Waals surface area (Å²) in [5, 5.41) is 15.9. The first-order chi connectivity index (χ1) is 15.2. The second-order valence-electron chi connectivity index (χ2n) is 7.48. The highest BCUT2D eigenvalue weighted by atomic mass is 19.4. The molecular formula is C21H20F4N6O. The molecule has 0 saturated heterocycles. The van der Waals surface area contributed by atoms with Crippen molar-refractivity contribution in [3.05, 3.63) is 48.2 Å². The lowest BCUT2D eigenvalue weighted by molar-refractivity contribution is -0.138. The molecule has 0 aliphatic heterocycles. The van der Waals surface area contributed by atoms with Crippen LogP contribution in [0.2, 0.25) is 0 Å². The molecule has 1 aliphatic rings. The Balaban J connectivity index is 1.73. The molecule has 2 atom stereocenters. The Morgan fingerprint density at radius 3 is 2.69 bits per heavy atom. The molecule has 2 heterocycles. The van der Waals surface area contributed by atoms with Gasteiger partial charge in [0.25, 0.3) is 0 Å². The zero-order chi connectivity index (χ0) is 22.9. The van der Waals surface area contributed by atoms with E-state index in [4.69, 9.17) is 0 Å². The summed E-state index contributed by atoms with van der Waals surface area (Å²) in [5.41, 5.74) is 1.29. The topological polar surface area (TPSA) is 95.9 Å². The average molecular weight is 448 g/mol. The standard InChI is InChI=1S/C21H20F4N6O/c1-11(21(23,24)25)27-19-29-18(14-5-2-6-16(32)17(14)22)30-20(31-19)28-13-8-7-12-4-3-9-26-15(12)10-13/h3-4,7-11,16,32H,2,5-6H2,1H3,(H2,27,28,29,30,31)/t11-,16?/m1/s1. The van der Waals surface area contributed by atoms with Crippen molar-refractivity contribution in [2.45, 2.75) is 44.5 Å². The van der Waals surface area contributed by atoms with Crippen LogP contribution in [0.1, 0.15) is 32.0 Å². The lowest BCUT2D eigenvalue weighted by Gasteiger charge is -2.21. The number of pyridine rings is 1. The van der Waals surface area contributed by atoms with Crippen molar-refractivity contribution in [1.82, 2.24) is 19.9 Å². The van der Waals surface area contributed by atoms with Crippen molar-refractivity contribution >= 4 is 34.1 Å². The molecule has 0 fully saturated rings. The van der Waals surface area contributed by atoms with E-state index in [0.29, 0.717) is 17.6 Å². The zero-order valence-electron chi connectivity index (χ0n) is 17.0. The number of rotatable bonds is 5. The molecule has 0 amide bonds. The van der Waals surface area contributed by atoms with Gasteiger partial charge in [0.2, 0.25) is 11.9 Å². The van der Waals surface area contributed by atoms with Crippen LogP contribution < -0.4 is 10.6 Å². The number of benzene rings is 1. The second kappa shape index (κ2) is 8.65. The number of halogens is 4. The van der Waals surface area contributed by atoms with E-state index in [-0.39, 0.29) is 36.1 Å². The summed E-state index contributed by atoms with van der Waals surface area (Å²) in [6, 6.07) is 7.03. The van der Waals surface area contributed by atoms with E-state index in [2.05, 4.69) is 30.6 Å². The monoisotopic (exact) mass is 448 g/mol. The van der Waals surface area contributed by atoms with Crippen LogP contribution in [0.25, 0.3) is 16.5 Å². The third kappa shape index (κ3) is 4.77. The Labute approximate surface area is 180 Å². The smallest absolute Gasteiger partial charge is 0.386 e. The molecule has 1 aliphatic carbocycles. The number of aliphatic hydroxyl groups excluding tert-OH is 1. The lowest BCUT2D eigenvalue weighted by Crippen LogP contribution is -2.34. The first-order valence-electron chi connectivity index (χ1n) is 9.99. The quantitative estimate of drug-likeness (QED) is 0.485. The molecule has 0 saturated carbocycles. The Morgan fingerprint density at radius 1 is 1.12 bits per heavy atom. The van der Waals surface area contributed by atoms with Crippen LogP contribution >= 0.6 is 0 Å². The van der Waals surface area contributed by atoms with Gasteiger partial charge in [-0.15, -0.1) is 0 Å². The van der Waals surface area contributed by atoms with Gasteiger partial charge in [0.05, 0.1) is 5.52 Å². The predicted octanol–water partition coefficient (Wildman–Crippen LogP) is 4.75. The molecule has 7 nitrogen and oxygen atoms in total. The van der Waals surface area contributed by atoms with Crippen LogP contribution in [-0.4, -0.2) is 43.4 Å². The van der Waals surface area contributed by atoms with Gasteiger partial charge in [-0.1, -0.05) is 12.1 Å². The fraction of sp³-hybridized carbons (Fsp3) is 0.333. The molecule has 3 aromatic rings. The fourth-order valence-corrected chi connectivity index (χ4v) is 3.32. The number of nitrogens with one attached hydrogen (secondary N) is 2. The molecule has 0 bridgehead atoms. The van der Waals surface area contributed by atoms with Gasteiger partial charge in [0, 0.05) is 22.8 Å². The third-order valence-electron chi connectivity index (χ3n) is 5.09. The summed E-state index contributed by atoms with van der Waals surface area (Å²) < 4.78 is 53.7. The minimum Gasteiger partial charge on any atom is -0.386 e. The van der Waals surface area contributed by atoms with Gasteiger partial charge >= 0.3 is 6.18 Å². The maximum Gasteiger partial charge on any atom is 0.408 e. The summed E-state index contributed by atoms with van der Waals surface area (Å²) in [4.78, 5) is 16.5. The van der Waals surface area contributed by atoms with Gasteiger partial charge in [-0.3, -0.25) is 4.98 Å². The molecule has 1 aromatic carbocycles. The molecule has 0 radical (unpaired) electrons. The zero-order valence-corrected chi connectivity index (χ0v) is 17.0. The number of aromatic nitrogens is 4. The molecule has 3 N–H and O–H groups in total. The maximum atomic E-state index is 14.5. The van der Waals surface area contributed by atoms with E-state index in [9.17, 15) is 22.7 Å². The van der Waals surface area contributed by atoms with Crippen molar-refractivity contribution in [3.8, 4) is 0 Å². The lowest BCUT2D eigenvalue weighted by atomic mass is 9.96. The number of hydrogen-bond acceptors (Lipinski definition) is 7. The summed E-state index contributed by atoms with van der Waals surface area (Å²) in [6.45, 7) is 0.926. The average Bonchev–Trinajstić information content (AvgIpc) is 2.75. The molecule has 168 valence electrons. The summed E-state index contributed by atoms with van der Waals surface area (Å²) in [5.74, 6) is -1.34. The van der Waals surface area contributed by atoms with Gasteiger partial charge in [0.1, 0.15) is 18.0 Å². The van der Waals surface area contributed by atoms with Crippen LogP contribution in [0.5, 0.6) is 0 Å². The van der Waals surface area contributed by atoms with Crippen molar-refractivity contribution in [1.29, 1.82) is 0 Å². The number of allylic oxidation sites excluding steroid dienone is 1. The first kappa shape index (κ1) is 21.9. The highest BCUT2D eigenvalue weighted by Gasteiger charge is 2.36. The van der Waals surface area contributed by atoms with E-state index in [1.54, 1.807) is 24.4 Å². The van der Waals surface area contributed by atoms with Crippen LogP contribution in [0.4, 0.5) is 35.1 Å². The number of alkyl halides is 3. The van der Waals surface area contributed by atoms with Crippen molar-refractivity contribution in [3.63, 3.8) is 0 Å². The largest absolute Gasteiger partial charge is 0.408 e. The van der Waals surface area contributed by atoms with Gasteiger partial charge in [-0.25, -0.2) is 4.39 Å². The maximum absolute atomic E-state index is 14.5. The molecule has 2 aromatic heterocycles. The second-order valence-corrected chi connectivity index (χ2v) is 7.48. The first-order valence-corrected chi connectivity index (χ1v) is 9.99. The van der Waals surface area contributed by atoms with E-state index in [1.807, 2.05) is 12.1 Å². The van der Waals surface area contributed by atoms with E-state index in [1.165, 1.54) is 0 Å². The van der Waals surface area contributed by atoms with Crippen molar-refractivity contribution in [2.24, 2.45) is 0 Å². The molecule has 32 heavy (non-hydrogen) atoms. The highest BCUT2D eigenvalue weighted by molar-refractivity contribution is 5.82. The normalized spacial score (nSPS) is 18.0. The highest BCUT2D eigenvalue weighted by Crippen LogP contribution is 2.33. The third-order valence-corrected chi connectivity index (χ3v) is 5.09. The van der Waals surface area contributed by atoms with Crippen LogP contribution in [-0.2, 0) is 0 Å². The molecule has 1 unspecified atom stereocenters. The van der Waals surface area contributed by atoms with Gasteiger partial charge < -0.3 is 15.7 Å². The minimum absolute atomic E-state index is 0.0529. The number of aliphatic hydroxyl groups is 1. The van der Waals surface area contributed by atoms with Gasteiger partial charge in [-0.05, 0) is 44.4 Å². The molecule has 0 spiro atoms. The van der Waals surface area contributed by atoms with E-state index < -0.39 is 24.1 Å². The van der Waals surface area contributed by atoms with Crippen LogP contribution in [0.3, 0.4) is 0 Å². The summed E-state index contributed by atoms with van der Waals surface area (Å²) in [7, 11) is 0. The SMILES string of the molecule is C[C@@H](Nc1nc(Nc2ccc3cccnc3c2)nc(C2=C(F)C(O)CCC2)n1)C(F)(F)F. The molecule has 4 rings (SSSR count). The summed E-state index contributed by atoms with van der Waals surface area (Å²) in [6.07, 6.45) is -3.18. The number of fused-ring (bicyclic) bond motifs is 1. The number of hydrogen-bond donors (Lipinski definition) is 3. The van der Waals surface area contributed by atoms with Gasteiger partial charge in [-0.2, -0.15) is 28.1 Å². The predicted molar refractivity (Wildman–Crippen MR) is 112 cm³/mol. The number of nitrogens with zero attached hydrogens (tertiary/aromatic N) is 4. The molecular weight excluding hydrogens is 428 g/mol. The van der Waals surface area contributed by atoms with E-state index >= 15 is 0 Å². The van der Waals surface area contributed by atoms with Crippen molar-refractivity contribution in [2.75, 3.05) is 10.6 Å². The Morgan fingerprint density at radius 2 is 1.91 bits per heavy atom. The Bertz CT molecular complexity index is 1170. The van der Waals surface area contributed by atoms with Crippen LogP contribution in [0.15, 0.2) is 42.4 Å². The Hall–Kier alpha value is -3.34. The number of anilines is 3. The summed E-state index contributed by atoms with van der Waals surface area (Å²) >= 11 is 0.